The molecule has 6 nitrogen and oxygen atoms in total. The zero-order valence-electron chi connectivity index (χ0n) is 20.2. The van der Waals surface area contributed by atoms with Crippen LogP contribution in [-0.2, 0) is 12.0 Å². The summed E-state index contributed by atoms with van der Waals surface area (Å²) in [4.78, 5) is 29.7. The van der Waals surface area contributed by atoms with Gasteiger partial charge >= 0.3 is 0 Å². The lowest BCUT2D eigenvalue weighted by Gasteiger charge is -2.19. The molecule has 0 unspecified atom stereocenters. The van der Waals surface area contributed by atoms with Gasteiger partial charge in [0.2, 0.25) is 0 Å². The highest BCUT2D eigenvalue weighted by Gasteiger charge is 2.15. The van der Waals surface area contributed by atoms with Crippen LogP contribution in [0.2, 0.25) is 0 Å². The molecule has 0 aliphatic heterocycles. The van der Waals surface area contributed by atoms with E-state index in [2.05, 4.69) is 31.1 Å². The summed E-state index contributed by atoms with van der Waals surface area (Å²) in [6.45, 7) is 10.4. The van der Waals surface area contributed by atoms with Crippen molar-refractivity contribution in [2.45, 2.75) is 46.6 Å². The topological polar surface area (TPSA) is 72.7 Å². The summed E-state index contributed by atoms with van der Waals surface area (Å²) in [6, 6.07) is 18.4. The zero-order valence-corrected chi connectivity index (χ0v) is 20.2. The van der Waals surface area contributed by atoms with Gasteiger partial charge in [0.05, 0.1) is 5.69 Å². The highest BCUT2D eigenvalue weighted by atomic mass is 16.5. The minimum absolute atomic E-state index is 0.0302. The van der Waals surface area contributed by atoms with E-state index < -0.39 is 0 Å². The number of aromatic nitrogens is 2. The van der Waals surface area contributed by atoms with Crippen molar-refractivity contribution in [3.05, 3.63) is 105 Å². The molecular weight excluding hydrogens is 426 g/mol. The van der Waals surface area contributed by atoms with Crippen LogP contribution >= 0.6 is 0 Å². The minimum Gasteiger partial charge on any atom is -0.487 e. The number of benzene rings is 2. The lowest BCUT2D eigenvalue weighted by Crippen LogP contribution is -2.16. The van der Waals surface area contributed by atoms with Crippen molar-refractivity contribution in [1.29, 1.82) is 0 Å². The van der Waals surface area contributed by atoms with Gasteiger partial charge in [-0.15, -0.1) is 0 Å². The molecule has 1 amide bonds. The first-order valence-corrected chi connectivity index (χ1v) is 11.2. The molecule has 0 radical (unpaired) electrons. The fourth-order valence-electron chi connectivity index (χ4n) is 3.64. The maximum atomic E-state index is 12.7. The first kappa shape index (κ1) is 23.2. The number of carbonyl (C=O) groups excluding carboxylic acids is 1. The van der Waals surface area contributed by atoms with E-state index in [4.69, 9.17) is 4.74 Å². The van der Waals surface area contributed by atoms with Crippen LogP contribution in [-0.4, -0.2) is 15.3 Å². The molecule has 0 aliphatic carbocycles. The van der Waals surface area contributed by atoms with Gasteiger partial charge in [-0.05, 0) is 66.3 Å². The first-order chi connectivity index (χ1) is 16.1. The number of anilines is 1. The highest BCUT2D eigenvalue weighted by molar-refractivity contribution is 6.04. The smallest absolute Gasteiger partial charge is 0.258 e. The highest BCUT2D eigenvalue weighted by Crippen LogP contribution is 2.25. The SMILES string of the molecule is Cc1ccn2c(=O)cc(COc3cc(NC(=O)c4ccc(C(C)(C)C)cc4)ccc3C)nc2c1. The van der Waals surface area contributed by atoms with Gasteiger partial charge in [0, 0.05) is 29.6 Å². The van der Waals surface area contributed by atoms with Crippen LogP contribution in [0.15, 0.2) is 71.7 Å². The first-order valence-electron chi connectivity index (χ1n) is 11.2. The summed E-state index contributed by atoms with van der Waals surface area (Å²) in [5.74, 6) is 0.432. The predicted octanol–water partition coefficient (Wildman–Crippen LogP) is 5.44. The minimum atomic E-state index is -0.185. The molecule has 174 valence electrons. The Morgan fingerprint density at radius 1 is 1.00 bits per heavy atom. The lowest BCUT2D eigenvalue weighted by molar-refractivity contribution is 0.102. The molecule has 34 heavy (non-hydrogen) atoms. The largest absolute Gasteiger partial charge is 0.487 e. The monoisotopic (exact) mass is 455 g/mol. The number of amides is 1. The summed E-state index contributed by atoms with van der Waals surface area (Å²) in [6.07, 6.45) is 1.72. The molecule has 2 aromatic heterocycles. The maximum Gasteiger partial charge on any atom is 0.258 e. The van der Waals surface area contributed by atoms with Crippen LogP contribution in [0.1, 0.15) is 53.5 Å². The maximum absolute atomic E-state index is 12.7. The number of hydrogen-bond acceptors (Lipinski definition) is 4. The number of aryl methyl sites for hydroxylation is 2. The van der Waals surface area contributed by atoms with Gasteiger partial charge in [0.15, 0.2) is 0 Å². The molecule has 0 spiro atoms. The van der Waals surface area contributed by atoms with Crippen LogP contribution < -0.4 is 15.6 Å². The molecule has 0 fully saturated rings. The van der Waals surface area contributed by atoms with Crippen molar-refractivity contribution < 1.29 is 9.53 Å². The summed E-state index contributed by atoms with van der Waals surface area (Å²) in [5.41, 5.74) is 5.34. The molecule has 0 saturated carbocycles. The molecule has 1 N–H and O–H groups in total. The zero-order chi connectivity index (χ0) is 24.5. The van der Waals surface area contributed by atoms with Crippen LogP contribution in [0.3, 0.4) is 0 Å². The van der Waals surface area contributed by atoms with Gasteiger partial charge < -0.3 is 10.1 Å². The van der Waals surface area contributed by atoms with Gasteiger partial charge in [-0.25, -0.2) is 4.98 Å². The summed E-state index contributed by atoms with van der Waals surface area (Å²) in [7, 11) is 0. The second kappa shape index (κ2) is 9.14. The Labute approximate surface area is 199 Å². The van der Waals surface area contributed by atoms with Gasteiger partial charge in [-0.2, -0.15) is 0 Å². The van der Waals surface area contributed by atoms with Crippen LogP contribution in [0.5, 0.6) is 5.75 Å². The Morgan fingerprint density at radius 3 is 2.44 bits per heavy atom. The quantitative estimate of drug-likeness (QED) is 0.435. The standard InChI is InChI=1S/C28H29N3O3/c1-18-12-13-31-25(14-18)29-23(16-26(31)32)17-34-24-15-22(11-6-19(24)2)30-27(33)20-7-9-21(10-8-20)28(3,4)5/h6-16H,17H2,1-5H3,(H,30,33). The van der Waals surface area contributed by atoms with Gasteiger partial charge in [0.25, 0.3) is 11.5 Å². The fraction of sp³-hybridized carbons (Fsp3) is 0.250. The number of fused-ring (bicyclic) bond motifs is 1. The molecule has 2 heterocycles. The number of nitrogens with zero attached hydrogens (tertiary/aromatic N) is 2. The molecule has 4 aromatic rings. The molecule has 4 rings (SSSR count). The van der Waals surface area contributed by atoms with E-state index in [0.29, 0.717) is 28.3 Å². The number of nitrogens with one attached hydrogen (secondary N) is 1. The summed E-state index contributed by atoms with van der Waals surface area (Å²) >= 11 is 0. The van der Waals surface area contributed by atoms with Crippen molar-refractivity contribution in [2.24, 2.45) is 0 Å². The third-order valence-electron chi connectivity index (χ3n) is 5.71. The van der Waals surface area contributed by atoms with Gasteiger partial charge in [0.1, 0.15) is 18.0 Å². The molecule has 6 heteroatoms. The van der Waals surface area contributed by atoms with E-state index in [1.807, 2.05) is 62.4 Å². The van der Waals surface area contributed by atoms with Crippen molar-refractivity contribution in [3.8, 4) is 5.75 Å². The molecule has 0 atom stereocenters. The Morgan fingerprint density at radius 2 is 1.74 bits per heavy atom. The predicted molar refractivity (Wildman–Crippen MR) is 135 cm³/mol. The fourth-order valence-corrected chi connectivity index (χ4v) is 3.64. The normalized spacial score (nSPS) is 11.4. The second-order valence-electron chi connectivity index (χ2n) is 9.57. The van der Waals surface area contributed by atoms with E-state index in [-0.39, 0.29) is 23.5 Å². The van der Waals surface area contributed by atoms with E-state index in [9.17, 15) is 9.59 Å². The summed E-state index contributed by atoms with van der Waals surface area (Å²) in [5, 5.41) is 2.93. The van der Waals surface area contributed by atoms with Crippen LogP contribution in [0, 0.1) is 13.8 Å². The second-order valence-corrected chi connectivity index (χ2v) is 9.57. The number of carbonyl (C=O) groups is 1. The number of hydrogen-bond donors (Lipinski definition) is 1. The number of pyridine rings is 1. The van der Waals surface area contributed by atoms with Crippen molar-refractivity contribution in [2.75, 3.05) is 5.32 Å². The Balaban J connectivity index is 1.48. The van der Waals surface area contributed by atoms with E-state index in [0.717, 1.165) is 11.1 Å². The molecular formula is C28H29N3O3. The average Bonchev–Trinajstić information content (AvgIpc) is 2.78. The number of ether oxygens (including phenoxy) is 1. The van der Waals surface area contributed by atoms with E-state index in [1.54, 1.807) is 12.3 Å². The Hall–Kier alpha value is -3.93. The Kier molecular flexibility index (Phi) is 6.24. The third-order valence-corrected chi connectivity index (χ3v) is 5.71. The molecule has 0 saturated heterocycles. The van der Waals surface area contributed by atoms with E-state index >= 15 is 0 Å². The van der Waals surface area contributed by atoms with Crippen molar-refractivity contribution in [1.82, 2.24) is 9.38 Å². The van der Waals surface area contributed by atoms with Crippen LogP contribution in [0.25, 0.3) is 5.65 Å². The van der Waals surface area contributed by atoms with Crippen LogP contribution in [0.4, 0.5) is 5.69 Å². The number of rotatable bonds is 5. The molecule has 0 bridgehead atoms. The lowest BCUT2D eigenvalue weighted by atomic mass is 9.87. The molecule has 2 aromatic carbocycles. The van der Waals surface area contributed by atoms with Crippen molar-refractivity contribution >= 4 is 17.2 Å². The molecule has 0 aliphatic rings. The Bertz CT molecular complexity index is 1410. The third kappa shape index (κ3) is 5.17. The average molecular weight is 456 g/mol. The van der Waals surface area contributed by atoms with Gasteiger partial charge in [-0.3, -0.25) is 14.0 Å². The summed E-state index contributed by atoms with van der Waals surface area (Å²) < 4.78 is 7.48. The van der Waals surface area contributed by atoms with Gasteiger partial charge in [-0.1, -0.05) is 39.0 Å². The van der Waals surface area contributed by atoms with Crippen molar-refractivity contribution in [3.63, 3.8) is 0 Å². The van der Waals surface area contributed by atoms with E-state index in [1.165, 1.54) is 16.0 Å².